The number of amides is 1. The first-order valence-corrected chi connectivity index (χ1v) is 9.31. The molecular weight excluding hydrogens is 370 g/mol. The second kappa shape index (κ2) is 8.29. The fraction of sp³-hybridized carbons (Fsp3) is 0.211. The molecule has 0 bridgehead atoms. The van der Waals surface area contributed by atoms with E-state index in [0.717, 1.165) is 21.8 Å². The Kier molecular flexibility index (Phi) is 5.85. The van der Waals surface area contributed by atoms with Gasteiger partial charge in [-0.15, -0.1) is 11.3 Å². The highest BCUT2D eigenvalue weighted by atomic mass is 35.5. The van der Waals surface area contributed by atoms with Gasteiger partial charge in [-0.1, -0.05) is 11.6 Å². The number of nitrogens with zero attached hydrogens (tertiary/aromatic N) is 2. The second-order valence-corrected chi connectivity index (χ2v) is 7.06. The Hall–Kier alpha value is -2.44. The monoisotopic (exact) mass is 387 g/mol. The highest BCUT2D eigenvalue weighted by Gasteiger charge is 2.12. The number of ether oxygens (including phenoxy) is 1. The van der Waals surface area contributed by atoms with Crippen molar-refractivity contribution < 1.29 is 9.53 Å². The maximum Gasteiger partial charge on any atom is 0.224 e. The van der Waals surface area contributed by atoms with Crippen LogP contribution in [0.5, 0.6) is 5.75 Å². The van der Waals surface area contributed by atoms with E-state index in [9.17, 15) is 4.79 Å². The van der Waals surface area contributed by atoms with Crippen LogP contribution in [0.25, 0.3) is 11.3 Å². The first-order valence-electron chi connectivity index (χ1n) is 8.05. The van der Waals surface area contributed by atoms with Gasteiger partial charge in [0.15, 0.2) is 0 Å². The summed E-state index contributed by atoms with van der Waals surface area (Å²) in [6.45, 7) is 1.88. The van der Waals surface area contributed by atoms with Crippen LogP contribution in [-0.4, -0.2) is 23.0 Å². The third kappa shape index (κ3) is 4.39. The summed E-state index contributed by atoms with van der Waals surface area (Å²) in [5.41, 5.74) is 3.43. The minimum atomic E-state index is -0.0920. The van der Waals surface area contributed by atoms with E-state index in [1.807, 2.05) is 30.5 Å². The minimum absolute atomic E-state index is 0.0920. The smallest absolute Gasteiger partial charge is 0.224 e. The molecule has 0 fully saturated rings. The zero-order chi connectivity index (χ0) is 18.5. The molecule has 0 aliphatic carbocycles. The molecule has 0 atom stereocenters. The summed E-state index contributed by atoms with van der Waals surface area (Å²) in [4.78, 5) is 20.9. The number of pyridine rings is 1. The van der Waals surface area contributed by atoms with Crippen molar-refractivity contribution in [3.05, 3.63) is 57.6 Å². The van der Waals surface area contributed by atoms with Crippen molar-refractivity contribution in [2.24, 2.45) is 0 Å². The SMILES string of the molecule is COc1cc(Cl)c(C)cc1NC(=O)CCc1nc(-c2ccncc2)cs1. The molecule has 0 saturated carbocycles. The van der Waals surface area contributed by atoms with Gasteiger partial charge in [0.2, 0.25) is 5.91 Å². The van der Waals surface area contributed by atoms with Crippen LogP contribution in [-0.2, 0) is 11.2 Å². The van der Waals surface area contributed by atoms with Crippen LogP contribution in [0.4, 0.5) is 5.69 Å². The molecule has 26 heavy (non-hydrogen) atoms. The van der Waals surface area contributed by atoms with E-state index in [1.165, 1.54) is 0 Å². The zero-order valence-corrected chi connectivity index (χ0v) is 16.0. The molecule has 134 valence electrons. The molecule has 0 saturated heterocycles. The number of nitrogens with one attached hydrogen (secondary N) is 1. The molecule has 7 heteroatoms. The van der Waals surface area contributed by atoms with E-state index in [0.29, 0.717) is 29.3 Å². The number of carbonyl (C=O) groups excluding carboxylic acids is 1. The Balaban J connectivity index is 1.62. The van der Waals surface area contributed by atoms with E-state index in [2.05, 4.69) is 15.3 Å². The maximum atomic E-state index is 12.3. The molecule has 2 aromatic heterocycles. The number of hydrogen-bond donors (Lipinski definition) is 1. The number of methoxy groups -OCH3 is 1. The van der Waals surface area contributed by atoms with Crippen molar-refractivity contribution in [1.29, 1.82) is 0 Å². The quantitative estimate of drug-likeness (QED) is 0.663. The van der Waals surface area contributed by atoms with Gasteiger partial charge in [-0.3, -0.25) is 9.78 Å². The topological polar surface area (TPSA) is 64.1 Å². The molecule has 0 aliphatic rings. The first kappa shape index (κ1) is 18.4. The van der Waals surface area contributed by atoms with Gasteiger partial charge >= 0.3 is 0 Å². The molecule has 0 radical (unpaired) electrons. The Bertz CT molecular complexity index is 912. The summed E-state index contributed by atoms with van der Waals surface area (Å²) >= 11 is 7.64. The van der Waals surface area contributed by atoms with Crippen LogP contribution >= 0.6 is 22.9 Å². The number of aromatic nitrogens is 2. The van der Waals surface area contributed by atoms with Gasteiger partial charge in [0.05, 0.1) is 23.5 Å². The van der Waals surface area contributed by atoms with Gasteiger partial charge in [0, 0.05) is 47.3 Å². The summed E-state index contributed by atoms with van der Waals surface area (Å²) in [5.74, 6) is 0.453. The number of rotatable bonds is 6. The van der Waals surface area contributed by atoms with Crippen molar-refractivity contribution in [1.82, 2.24) is 9.97 Å². The predicted octanol–water partition coefficient (Wildman–Crippen LogP) is 4.75. The summed E-state index contributed by atoms with van der Waals surface area (Å²) in [5, 5.41) is 6.40. The molecule has 3 aromatic rings. The van der Waals surface area contributed by atoms with Crippen molar-refractivity contribution >= 4 is 34.5 Å². The van der Waals surface area contributed by atoms with Gasteiger partial charge in [0.1, 0.15) is 5.75 Å². The molecule has 1 N–H and O–H groups in total. The largest absolute Gasteiger partial charge is 0.495 e. The van der Waals surface area contributed by atoms with Gasteiger partial charge in [-0.25, -0.2) is 4.98 Å². The number of hydrogen-bond acceptors (Lipinski definition) is 5. The molecule has 0 aliphatic heterocycles. The summed E-state index contributed by atoms with van der Waals surface area (Å²) in [7, 11) is 1.55. The Labute approximate surface area is 161 Å². The van der Waals surface area contributed by atoms with Crippen LogP contribution in [0.15, 0.2) is 42.0 Å². The fourth-order valence-electron chi connectivity index (χ4n) is 2.44. The van der Waals surface area contributed by atoms with E-state index >= 15 is 0 Å². The molecule has 3 rings (SSSR count). The average molecular weight is 388 g/mol. The molecular formula is C19H18ClN3O2S. The van der Waals surface area contributed by atoms with Gasteiger partial charge in [0.25, 0.3) is 0 Å². The predicted molar refractivity (Wildman–Crippen MR) is 105 cm³/mol. The lowest BCUT2D eigenvalue weighted by molar-refractivity contribution is -0.116. The summed E-state index contributed by atoms with van der Waals surface area (Å²) < 4.78 is 5.28. The Morgan fingerprint density at radius 1 is 1.31 bits per heavy atom. The minimum Gasteiger partial charge on any atom is -0.495 e. The molecule has 1 aromatic carbocycles. The van der Waals surface area contributed by atoms with Gasteiger partial charge in [-0.05, 0) is 30.7 Å². The summed E-state index contributed by atoms with van der Waals surface area (Å²) in [6.07, 6.45) is 4.40. The molecule has 1 amide bonds. The number of halogens is 1. The van der Waals surface area contributed by atoms with E-state index in [1.54, 1.807) is 36.9 Å². The van der Waals surface area contributed by atoms with E-state index in [4.69, 9.17) is 16.3 Å². The molecule has 5 nitrogen and oxygen atoms in total. The molecule has 0 spiro atoms. The third-order valence-corrected chi connectivity index (χ3v) is 5.16. The first-order chi connectivity index (χ1) is 12.6. The zero-order valence-electron chi connectivity index (χ0n) is 14.5. The van der Waals surface area contributed by atoms with E-state index in [-0.39, 0.29) is 5.91 Å². The number of carbonyl (C=O) groups is 1. The van der Waals surface area contributed by atoms with Crippen LogP contribution in [0, 0.1) is 6.92 Å². The van der Waals surface area contributed by atoms with Crippen molar-refractivity contribution in [3.8, 4) is 17.0 Å². The number of aryl methyl sites for hydroxylation is 2. The van der Waals surface area contributed by atoms with Crippen molar-refractivity contribution in [2.75, 3.05) is 12.4 Å². The lowest BCUT2D eigenvalue weighted by Crippen LogP contribution is -2.13. The lowest BCUT2D eigenvalue weighted by atomic mass is 10.2. The standard InChI is InChI=1S/C19H18ClN3O2S/c1-12-9-15(17(25-2)10-14(12)20)22-18(24)3-4-19-23-16(11-26-19)13-5-7-21-8-6-13/h5-11H,3-4H2,1-2H3,(H,22,24). The van der Waals surface area contributed by atoms with E-state index < -0.39 is 0 Å². The highest BCUT2D eigenvalue weighted by Crippen LogP contribution is 2.31. The van der Waals surface area contributed by atoms with Crippen LogP contribution in [0.2, 0.25) is 5.02 Å². The molecule has 2 heterocycles. The van der Waals surface area contributed by atoms with Gasteiger partial charge in [-0.2, -0.15) is 0 Å². The van der Waals surface area contributed by atoms with Crippen molar-refractivity contribution in [2.45, 2.75) is 19.8 Å². The average Bonchev–Trinajstić information content (AvgIpc) is 3.12. The number of anilines is 1. The third-order valence-electron chi connectivity index (χ3n) is 3.85. The van der Waals surface area contributed by atoms with Crippen LogP contribution in [0.1, 0.15) is 17.0 Å². The lowest BCUT2D eigenvalue weighted by Gasteiger charge is -2.12. The van der Waals surface area contributed by atoms with Gasteiger partial charge < -0.3 is 10.1 Å². The van der Waals surface area contributed by atoms with Crippen LogP contribution < -0.4 is 10.1 Å². The Morgan fingerprint density at radius 3 is 2.81 bits per heavy atom. The normalized spacial score (nSPS) is 10.6. The Morgan fingerprint density at radius 2 is 2.08 bits per heavy atom. The van der Waals surface area contributed by atoms with Crippen molar-refractivity contribution in [3.63, 3.8) is 0 Å². The van der Waals surface area contributed by atoms with Crippen LogP contribution in [0.3, 0.4) is 0 Å². The highest BCUT2D eigenvalue weighted by molar-refractivity contribution is 7.09. The number of benzene rings is 1. The maximum absolute atomic E-state index is 12.3. The molecule has 0 unspecified atom stereocenters. The fourth-order valence-corrected chi connectivity index (χ4v) is 3.41. The second-order valence-electron chi connectivity index (χ2n) is 5.71. The number of thiazole rings is 1. The summed E-state index contributed by atoms with van der Waals surface area (Å²) in [6, 6.07) is 7.35.